The molecule has 1 fully saturated rings. The van der Waals surface area contributed by atoms with E-state index in [1.54, 1.807) is 19.4 Å². The molecule has 4 atom stereocenters. The molecular weight excluding hydrogens is 416 g/mol. The van der Waals surface area contributed by atoms with Crippen LogP contribution in [0.25, 0.3) is 11.1 Å². The van der Waals surface area contributed by atoms with Gasteiger partial charge in [0.1, 0.15) is 11.9 Å². The SMILES string of the molecule is CCO[C@@H]1CCC2Oc3ccc(-c4cncc(Cl)c4)cc3C3(N=C(N)N(C)C3=O)[C@H]2C1. The van der Waals surface area contributed by atoms with Gasteiger partial charge in [0.2, 0.25) is 0 Å². The molecule has 3 heterocycles. The van der Waals surface area contributed by atoms with Gasteiger partial charge in [-0.1, -0.05) is 17.7 Å². The molecule has 2 N–H and O–H groups in total. The number of hydrogen-bond acceptors (Lipinski definition) is 6. The molecule has 1 aromatic heterocycles. The number of rotatable bonds is 3. The van der Waals surface area contributed by atoms with Crippen molar-refractivity contribution in [2.45, 2.75) is 43.9 Å². The predicted molar refractivity (Wildman–Crippen MR) is 118 cm³/mol. The molecule has 1 aliphatic carbocycles. The number of nitrogens with two attached hydrogens (primary N) is 1. The molecular formula is C23H25ClN4O3. The number of fused-ring (bicyclic) bond motifs is 4. The van der Waals surface area contributed by atoms with Crippen molar-refractivity contribution in [3.05, 3.63) is 47.2 Å². The number of ether oxygens (including phenoxy) is 2. The third kappa shape index (κ3) is 3.10. The lowest BCUT2D eigenvalue weighted by atomic mass is 9.66. The van der Waals surface area contributed by atoms with E-state index in [4.69, 9.17) is 31.8 Å². The van der Waals surface area contributed by atoms with Crippen LogP contribution in [0.3, 0.4) is 0 Å². The van der Waals surface area contributed by atoms with Crippen LogP contribution in [0.2, 0.25) is 5.02 Å². The van der Waals surface area contributed by atoms with Gasteiger partial charge in [0, 0.05) is 43.1 Å². The van der Waals surface area contributed by atoms with Crippen molar-refractivity contribution in [1.29, 1.82) is 0 Å². The molecule has 0 saturated heterocycles. The number of guanidine groups is 1. The Kier molecular flexibility index (Phi) is 4.90. The van der Waals surface area contributed by atoms with E-state index in [-0.39, 0.29) is 30.0 Å². The van der Waals surface area contributed by atoms with Gasteiger partial charge in [-0.05, 0) is 49.9 Å². The van der Waals surface area contributed by atoms with Crippen molar-refractivity contribution in [2.24, 2.45) is 16.6 Å². The number of nitrogens with zero attached hydrogens (tertiary/aromatic N) is 3. The van der Waals surface area contributed by atoms with E-state index in [1.807, 2.05) is 31.2 Å². The summed E-state index contributed by atoms with van der Waals surface area (Å²) in [4.78, 5) is 24.1. The summed E-state index contributed by atoms with van der Waals surface area (Å²) in [6, 6.07) is 7.69. The quantitative estimate of drug-likeness (QED) is 0.790. The first kappa shape index (κ1) is 20.3. The lowest BCUT2D eigenvalue weighted by molar-refractivity contribution is -0.139. The summed E-state index contributed by atoms with van der Waals surface area (Å²) in [6.45, 7) is 2.63. The van der Waals surface area contributed by atoms with Crippen LogP contribution < -0.4 is 10.5 Å². The Morgan fingerprint density at radius 3 is 2.84 bits per heavy atom. The van der Waals surface area contributed by atoms with E-state index in [2.05, 4.69) is 4.98 Å². The van der Waals surface area contributed by atoms with E-state index < -0.39 is 5.54 Å². The Hall–Kier alpha value is -2.64. The average Bonchev–Trinajstić information content (AvgIpc) is 2.99. The topological polar surface area (TPSA) is 90.0 Å². The Labute approximate surface area is 186 Å². The lowest BCUT2D eigenvalue weighted by Gasteiger charge is -2.47. The number of carbonyl (C=O) groups excluding carboxylic acids is 1. The van der Waals surface area contributed by atoms with Gasteiger partial charge >= 0.3 is 0 Å². The second-order valence-corrected chi connectivity index (χ2v) is 8.79. The lowest BCUT2D eigenvalue weighted by Crippen LogP contribution is -2.55. The van der Waals surface area contributed by atoms with Crippen LogP contribution in [0.5, 0.6) is 5.75 Å². The highest BCUT2D eigenvalue weighted by molar-refractivity contribution is 6.30. The number of hydrogen-bond donors (Lipinski definition) is 1. The Morgan fingerprint density at radius 1 is 1.29 bits per heavy atom. The number of halogens is 1. The fraction of sp³-hybridized carbons (Fsp3) is 0.435. The number of amides is 1. The van der Waals surface area contributed by atoms with Crippen molar-refractivity contribution < 1.29 is 14.3 Å². The van der Waals surface area contributed by atoms with E-state index in [0.29, 0.717) is 23.8 Å². The van der Waals surface area contributed by atoms with Crippen molar-refractivity contribution in [3.8, 4) is 16.9 Å². The highest BCUT2D eigenvalue weighted by Gasteiger charge is 2.61. The first-order chi connectivity index (χ1) is 14.9. The fourth-order valence-electron chi connectivity index (χ4n) is 5.19. The zero-order valence-corrected chi connectivity index (χ0v) is 18.3. The largest absolute Gasteiger partial charge is 0.490 e. The Bertz CT molecular complexity index is 1070. The number of likely N-dealkylation sites (N-methyl/N-ethyl adjacent to an activating group) is 1. The highest BCUT2D eigenvalue weighted by atomic mass is 35.5. The van der Waals surface area contributed by atoms with Gasteiger partial charge in [0.15, 0.2) is 11.5 Å². The summed E-state index contributed by atoms with van der Waals surface area (Å²) < 4.78 is 12.3. The maximum Gasteiger partial charge on any atom is 0.262 e. The molecule has 1 saturated carbocycles. The fourth-order valence-corrected chi connectivity index (χ4v) is 5.37. The van der Waals surface area contributed by atoms with Crippen molar-refractivity contribution in [2.75, 3.05) is 13.7 Å². The molecule has 7 nitrogen and oxygen atoms in total. The Balaban J connectivity index is 1.67. The summed E-state index contributed by atoms with van der Waals surface area (Å²) >= 11 is 6.16. The first-order valence-electron chi connectivity index (χ1n) is 10.6. The average molecular weight is 441 g/mol. The van der Waals surface area contributed by atoms with Gasteiger partial charge in [0.05, 0.1) is 11.1 Å². The third-order valence-corrected chi connectivity index (χ3v) is 6.86. The molecule has 8 heteroatoms. The van der Waals surface area contributed by atoms with Crippen LogP contribution in [0.1, 0.15) is 31.7 Å². The number of pyridine rings is 1. The minimum Gasteiger partial charge on any atom is -0.490 e. The van der Waals surface area contributed by atoms with Crippen LogP contribution in [0.4, 0.5) is 0 Å². The van der Waals surface area contributed by atoms with Gasteiger partial charge in [-0.2, -0.15) is 0 Å². The second-order valence-electron chi connectivity index (χ2n) is 8.36. The molecule has 2 aromatic rings. The molecule has 1 amide bonds. The monoisotopic (exact) mass is 440 g/mol. The smallest absolute Gasteiger partial charge is 0.262 e. The molecule has 31 heavy (non-hydrogen) atoms. The standard InChI is InChI=1S/C23H25ClN4O3/c1-3-30-16-5-7-20-18(10-16)23(21(29)28(2)22(25)27-23)17-9-13(4-6-19(17)31-20)14-8-15(24)12-26-11-14/h4,6,8-9,11-12,16,18,20H,3,5,7,10H2,1-2H3,(H2,25,27)/t16-,18+,20?,23?/m1/s1. The molecule has 0 radical (unpaired) electrons. The number of carbonyl (C=O) groups is 1. The minimum atomic E-state index is -1.12. The van der Waals surface area contributed by atoms with Crippen LogP contribution in [-0.2, 0) is 15.1 Å². The van der Waals surface area contributed by atoms with Crippen LogP contribution in [0.15, 0.2) is 41.7 Å². The van der Waals surface area contributed by atoms with E-state index >= 15 is 0 Å². The van der Waals surface area contributed by atoms with Gasteiger partial charge in [-0.3, -0.25) is 14.7 Å². The minimum absolute atomic E-state index is 0.0729. The predicted octanol–water partition coefficient (Wildman–Crippen LogP) is 3.35. The van der Waals surface area contributed by atoms with Gasteiger partial charge < -0.3 is 15.2 Å². The molecule has 2 unspecified atom stereocenters. The Morgan fingerprint density at radius 2 is 2.13 bits per heavy atom. The van der Waals surface area contributed by atoms with Crippen molar-refractivity contribution in [1.82, 2.24) is 9.88 Å². The zero-order chi connectivity index (χ0) is 21.8. The molecule has 0 bridgehead atoms. The number of benzene rings is 1. The maximum atomic E-state index is 13.7. The zero-order valence-electron chi connectivity index (χ0n) is 17.5. The molecule has 1 aromatic carbocycles. The maximum absolute atomic E-state index is 13.7. The molecule has 5 rings (SSSR count). The highest BCUT2D eigenvalue weighted by Crippen LogP contribution is 2.54. The molecule has 1 spiro atoms. The van der Waals surface area contributed by atoms with Gasteiger partial charge in [-0.15, -0.1) is 0 Å². The van der Waals surface area contributed by atoms with Crippen molar-refractivity contribution in [3.63, 3.8) is 0 Å². The van der Waals surface area contributed by atoms with E-state index in [9.17, 15) is 4.79 Å². The number of aromatic nitrogens is 1. The van der Waals surface area contributed by atoms with Crippen LogP contribution in [0, 0.1) is 5.92 Å². The molecule has 162 valence electrons. The summed E-state index contributed by atoms with van der Waals surface area (Å²) in [7, 11) is 1.67. The van der Waals surface area contributed by atoms with Gasteiger partial charge in [0.25, 0.3) is 5.91 Å². The molecule has 3 aliphatic rings. The van der Waals surface area contributed by atoms with Crippen LogP contribution >= 0.6 is 11.6 Å². The normalized spacial score (nSPS) is 29.4. The molecule has 2 aliphatic heterocycles. The number of aliphatic imine (C=N–C) groups is 1. The summed E-state index contributed by atoms with van der Waals surface area (Å²) in [5.41, 5.74) is 7.54. The third-order valence-electron chi connectivity index (χ3n) is 6.65. The first-order valence-corrected chi connectivity index (χ1v) is 11.0. The summed E-state index contributed by atoms with van der Waals surface area (Å²) in [6.07, 6.45) is 5.70. The van der Waals surface area contributed by atoms with E-state index in [0.717, 1.165) is 29.5 Å². The summed E-state index contributed by atoms with van der Waals surface area (Å²) in [5, 5.41) is 0.548. The second kappa shape index (κ2) is 7.50. The van der Waals surface area contributed by atoms with Crippen molar-refractivity contribution >= 4 is 23.5 Å². The van der Waals surface area contributed by atoms with Crippen LogP contribution in [-0.4, -0.2) is 47.6 Å². The van der Waals surface area contributed by atoms with Gasteiger partial charge in [-0.25, -0.2) is 4.99 Å². The summed E-state index contributed by atoms with van der Waals surface area (Å²) in [5.74, 6) is 0.622. The van der Waals surface area contributed by atoms with E-state index in [1.165, 1.54) is 4.90 Å².